The number of nitrogens with one attached hydrogen (secondary N) is 1. The monoisotopic (exact) mass is 226 g/mol. The maximum absolute atomic E-state index is 12.4. The van der Waals surface area contributed by atoms with Crippen LogP contribution >= 0.6 is 0 Å². The van der Waals surface area contributed by atoms with E-state index in [9.17, 15) is 4.79 Å². The Morgan fingerprint density at radius 3 is 2.81 bits per heavy atom. The van der Waals surface area contributed by atoms with Gasteiger partial charge in [-0.05, 0) is 40.2 Å². The van der Waals surface area contributed by atoms with Gasteiger partial charge in [-0.25, -0.2) is 0 Å². The molecule has 2 aliphatic heterocycles. The van der Waals surface area contributed by atoms with Crippen LogP contribution in [0, 0.1) is 0 Å². The third-order valence-corrected chi connectivity index (χ3v) is 3.71. The van der Waals surface area contributed by atoms with Crippen molar-refractivity contribution in [1.82, 2.24) is 10.2 Å². The summed E-state index contributed by atoms with van der Waals surface area (Å²) < 4.78 is 5.25. The number of carbonyl (C=O) groups is 1. The molecule has 0 aromatic heterocycles. The van der Waals surface area contributed by atoms with E-state index >= 15 is 0 Å². The summed E-state index contributed by atoms with van der Waals surface area (Å²) in [5.74, 6) is 0.237. The highest BCUT2D eigenvalue weighted by atomic mass is 16.6. The molecule has 0 aliphatic carbocycles. The molecule has 1 N–H and O–H groups in total. The number of hydrogen-bond donors (Lipinski definition) is 1. The van der Waals surface area contributed by atoms with Crippen molar-refractivity contribution in [2.45, 2.75) is 50.8 Å². The van der Waals surface area contributed by atoms with Crippen molar-refractivity contribution in [3.63, 3.8) is 0 Å². The van der Waals surface area contributed by atoms with E-state index in [-0.39, 0.29) is 23.6 Å². The van der Waals surface area contributed by atoms with Crippen molar-refractivity contribution in [3.05, 3.63) is 0 Å². The summed E-state index contributed by atoms with van der Waals surface area (Å²) in [5, 5.41) is 3.12. The molecule has 0 saturated carbocycles. The minimum absolute atomic E-state index is 0.0134. The van der Waals surface area contributed by atoms with Crippen molar-refractivity contribution < 1.29 is 9.53 Å². The van der Waals surface area contributed by atoms with Crippen LogP contribution in [0.5, 0.6) is 0 Å². The van der Waals surface area contributed by atoms with Gasteiger partial charge >= 0.3 is 0 Å². The molecule has 2 atom stereocenters. The molecule has 1 amide bonds. The van der Waals surface area contributed by atoms with Gasteiger partial charge in [-0.15, -0.1) is 0 Å². The molecule has 0 aromatic carbocycles. The molecule has 0 spiro atoms. The standard InChI is InChI=1S/C12H22N2O2/c1-12(2)6-4-5-10(13-3)11(15)14(12)7-9-8-16-9/h9-10,13H,4-8H2,1-3H3. The van der Waals surface area contributed by atoms with Gasteiger partial charge in [0.1, 0.15) is 0 Å². The Morgan fingerprint density at radius 1 is 1.56 bits per heavy atom. The SMILES string of the molecule is CNC1CCCC(C)(C)N(CC2CO2)C1=O. The smallest absolute Gasteiger partial charge is 0.240 e. The molecule has 2 heterocycles. The fourth-order valence-electron chi connectivity index (χ4n) is 2.47. The zero-order valence-electron chi connectivity index (χ0n) is 10.5. The molecular formula is C12H22N2O2. The minimum Gasteiger partial charge on any atom is -0.371 e. The molecule has 0 radical (unpaired) electrons. The van der Waals surface area contributed by atoms with Gasteiger partial charge in [-0.1, -0.05) is 0 Å². The predicted molar refractivity (Wildman–Crippen MR) is 62.2 cm³/mol. The van der Waals surface area contributed by atoms with Crippen LogP contribution in [0.2, 0.25) is 0 Å². The van der Waals surface area contributed by atoms with Gasteiger partial charge in [0.05, 0.1) is 18.8 Å². The topological polar surface area (TPSA) is 44.9 Å². The highest BCUT2D eigenvalue weighted by molar-refractivity contribution is 5.83. The fourth-order valence-corrected chi connectivity index (χ4v) is 2.47. The molecule has 0 bridgehead atoms. The average molecular weight is 226 g/mol. The third kappa shape index (κ3) is 2.38. The number of ether oxygens (including phenoxy) is 1. The first-order chi connectivity index (χ1) is 7.54. The van der Waals surface area contributed by atoms with E-state index in [0.717, 1.165) is 32.4 Å². The van der Waals surface area contributed by atoms with E-state index in [4.69, 9.17) is 4.74 Å². The normalized spacial score (nSPS) is 33.7. The van der Waals surface area contributed by atoms with Gasteiger partial charge in [0.25, 0.3) is 0 Å². The number of carbonyl (C=O) groups excluding carboxylic acids is 1. The second-order valence-corrected chi connectivity index (χ2v) is 5.45. The largest absolute Gasteiger partial charge is 0.371 e. The molecular weight excluding hydrogens is 204 g/mol. The van der Waals surface area contributed by atoms with Crippen LogP contribution in [0.15, 0.2) is 0 Å². The van der Waals surface area contributed by atoms with E-state index in [2.05, 4.69) is 19.2 Å². The summed E-state index contributed by atoms with van der Waals surface area (Å²) in [4.78, 5) is 14.4. The van der Waals surface area contributed by atoms with Crippen molar-refractivity contribution in [3.8, 4) is 0 Å². The second-order valence-electron chi connectivity index (χ2n) is 5.45. The summed E-state index contributed by atoms with van der Waals surface area (Å²) >= 11 is 0. The second kappa shape index (κ2) is 4.34. The number of likely N-dealkylation sites (N-methyl/N-ethyl adjacent to an activating group) is 1. The Hall–Kier alpha value is -0.610. The summed E-state index contributed by atoms with van der Waals surface area (Å²) in [7, 11) is 1.87. The fraction of sp³-hybridized carbons (Fsp3) is 0.917. The lowest BCUT2D eigenvalue weighted by Crippen LogP contribution is -2.53. The van der Waals surface area contributed by atoms with Crippen LogP contribution in [0.3, 0.4) is 0 Å². The van der Waals surface area contributed by atoms with Gasteiger partial charge < -0.3 is 15.0 Å². The van der Waals surface area contributed by atoms with Crippen LogP contribution in [0.4, 0.5) is 0 Å². The lowest BCUT2D eigenvalue weighted by Gasteiger charge is -2.38. The Kier molecular flexibility index (Phi) is 3.22. The van der Waals surface area contributed by atoms with E-state index in [1.165, 1.54) is 0 Å². The van der Waals surface area contributed by atoms with Crippen molar-refractivity contribution in [2.75, 3.05) is 20.2 Å². The third-order valence-electron chi connectivity index (χ3n) is 3.71. The van der Waals surface area contributed by atoms with E-state index < -0.39 is 0 Å². The first-order valence-electron chi connectivity index (χ1n) is 6.15. The average Bonchev–Trinajstić information content (AvgIpc) is 3.03. The predicted octanol–water partition coefficient (Wildman–Crippen LogP) is 0.764. The van der Waals surface area contributed by atoms with Crippen LogP contribution in [0.25, 0.3) is 0 Å². The van der Waals surface area contributed by atoms with Gasteiger partial charge in [0, 0.05) is 12.1 Å². The molecule has 2 fully saturated rings. The number of amides is 1. The lowest BCUT2D eigenvalue weighted by atomic mass is 9.96. The number of rotatable bonds is 3. The molecule has 0 aromatic rings. The molecule has 16 heavy (non-hydrogen) atoms. The van der Waals surface area contributed by atoms with Crippen LogP contribution < -0.4 is 5.32 Å². The lowest BCUT2D eigenvalue weighted by molar-refractivity contribution is -0.138. The summed E-state index contributed by atoms with van der Waals surface area (Å²) in [5.41, 5.74) is -0.0331. The molecule has 2 rings (SSSR count). The van der Waals surface area contributed by atoms with Crippen molar-refractivity contribution in [2.24, 2.45) is 0 Å². The summed E-state index contributed by atoms with van der Waals surface area (Å²) in [6.45, 7) is 5.88. The van der Waals surface area contributed by atoms with E-state index in [1.54, 1.807) is 0 Å². The Bertz CT molecular complexity index is 274. The molecule has 4 heteroatoms. The first-order valence-corrected chi connectivity index (χ1v) is 6.15. The highest BCUT2D eigenvalue weighted by Crippen LogP contribution is 2.29. The Morgan fingerprint density at radius 2 is 2.25 bits per heavy atom. The summed E-state index contributed by atoms with van der Waals surface area (Å²) in [6.07, 6.45) is 3.40. The van der Waals surface area contributed by atoms with Gasteiger partial charge in [0.15, 0.2) is 0 Å². The van der Waals surface area contributed by atoms with E-state index in [0.29, 0.717) is 0 Å². The van der Waals surface area contributed by atoms with Crippen LogP contribution in [-0.2, 0) is 9.53 Å². The van der Waals surface area contributed by atoms with Gasteiger partial charge in [-0.3, -0.25) is 4.79 Å². The zero-order chi connectivity index (χ0) is 11.8. The molecule has 2 saturated heterocycles. The van der Waals surface area contributed by atoms with Crippen molar-refractivity contribution >= 4 is 5.91 Å². The maximum atomic E-state index is 12.4. The number of epoxide rings is 1. The number of likely N-dealkylation sites (tertiary alicyclic amines) is 1. The number of nitrogens with zero attached hydrogens (tertiary/aromatic N) is 1. The molecule has 2 aliphatic rings. The minimum atomic E-state index is -0.0331. The quantitative estimate of drug-likeness (QED) is 0.723. The summed E-state index contributed by atoms with van der Waals surface area (Å²) in [6, 6.07) is -0.0134. The molecule has 4 nitrogen and oxygen atoms in total. The maximum Gasteiger partial charge on any atom is 0.240 e. The zero-order valence-corrected chi connectivity index (χ0v) is 10.5. The van der Waals surface area contributed by atoms with Crippen LogP contribution in [-0.4, -0.2) is 48.7 Å². The van der Waals surface area contributed by atoms with Gasteiger partial charge in [-0.2, -0.15) is 0 Å². The first kappa shape index (κ1) is 11.9. The molecule has 2 unspecified atom stereocenters. The van der Waals surface area contributed by atoms with E-state index in [1.807, 2.05) is 11.9 Å². The Labute approximate surface area is 97.3 Å². The van der Waals surface area contributed by atoms with Crippen LogP contribution in [0.1, 0.15) is 33.1 Å². The highest BCUT2D eigenvalue weighted by Gasteiger charge is 2.40. The van der Waals surface area contributed by atoms with Crippen molar-refractivity contribution in [1.29, 1.82) is 0 Å². The number of hydrogen-bond acceptors (Lipinski definition) is 3. The Balaban J connectivity index is 2.13. The molecule has 92 valence electrons. The van der Waals surface area contributed by atoms with Gasteiger partial charge in [0.2, 0.25) is 5.91 Å².